The SMILES string of the molecule is CC(C)c1cc(-c2nnc(C(=O)NCCN3CCCC3)n2-c2ccc(NC3CCCC3)cc2)c(O)cc1O. The molecule has 4 N–H and O–H groups in total. The quantitative estimate of drug-likeness (QED) is 0.326. The van der Waals surface area contributed by atoms with Crippen molar-refractivity contribution >= 4 is 11.6 Å². The molecule has 1 aliphatic heterocycles. The van der Waals surface area contributed by atoms with Crippen LogP contribution in [0.1, 0.15) is 74.5 Å². The zero-order chi connectivity index (χ0) is 26.6. The summed E-state index contributed by atoms with van der Waals surface area (Å²) in [5.74, 6) is 0.0937. The Hall–Kier alpha value is -3.59. The van der Waals surface area contributed by atoms with Gasteiger partial charge in [-0.1, -0.05) is 26.7 Å². The van der Waals surface area contributed by atoms with Crippen LogP contribution in [-0.2, 0) is 0 Å². The van der Waals surface area contributed by atoms with Gasteiger partial charge in [0.15, 0.2) is 5.82 Å². The highest BCUT2D eigenvalue weighted by Gasteiger charge is 2.25. The van der Waals surface area contributed by atoms with Crippen molar-refractivity contribution in [3.63, 3.8) is 0 Å². The molecule has 2 aromatic carbocycles. The van der Waals surface area contributed by atoms with Gasteiger partial charge in [-0.15, -0.1) is 10.2 Å². The number of hydrogen-bond acceptors (Lipinski definition) is 7. The van der Waals surface area contributed by atoms with Gasteiger partial charge in [-0.2, -0.15) is 0 Å². The van der Waals surface area contributed by atoms with Gasteiger partial charge in [-0.25, -0.2) is 0 Å². The smallest absolute Gasteiger partial charge is 0.289 e. The van der Waals surface area contributed by atoms with Crippen molar-refractivity contribution in [1.82, 2.24) is 25.0 Å². The van der Waals surface area contributed by atoms with E-state index in [2.05, 4.69) is 25.7 Å². The van der Waals surface area contributed by atoms with E-state index in [9.17, 15) is 15.0 Å². The van der Waals surface area contributed by atoms with Crippen molar-refractivity contribution < 1.29 is 15.0 Å². The normalized spacial score (nSPS) is 16.4. The summed E-state index contributed by atoms with van der Waals surface area (Å²) < 4.78 is 1.68. The van der Waals surface area contributed by atoms with Gasteiger partial charge in [-0.05, 0) is 80.6 Å². The number of carbonyl (C=O) groups is 1. The summed E-state index contributed by atoms with van der Waals surface area (Å²) in [6.07, 6.45) is 7.27. The number of carbonyl (C=O) groups excluding carboxylic acids is 1. The van der Waals surface area contributed by atoms with Crippen LogP contribution in [0.3, 0.4) is 0 Å². The highest BCUT2D eigenvalue weighted by molar-refractivity contribution is 5.92. The van der Waals surface area contributed by atoms with Gasteiger partial charge in [0, 0.05) is 36.6 Å². The molecular formula is C29H38N6O3. The number of nitrogens with one attached hydrogen (secondary N) is 2. The zero-order valence-corrected chi connectivity index (χ0v) is 22.3. The molecule has 0 spiro atoms. The van der Waals surface area contributed by atoms with Crippen molar-refractivity contribution in [2.24, 2.45) is 0 Å². The molecule has 2 heterocycles. The van der Waals surface area contributed by atoms with E-state index in [-0.39, 0.29) is 29.1 Å². The molecule has 1 saturated carbocycles. The maximum atomic E-state index is 13.3. The van der Waals surface area contributed by atoms with E-state index in [1.807, 2.05) is 38.1 Å². The summed E-state index contributed by atoms with van der Waals surface area (Å²) in [5.41, 5.74) is 2.83. The fraction of sp³-hybridized carbons (Fsp3) is 0.483. The number of phenols is 2. The average molecular weight is 519 g/mol. The number of anilines is 1. The van der Waals surface area contributed by atoms with Crippen molar-refractivity contribution in [3.05, 3.63) is 47.8 Å². The number of aromatic hydroxyl groups is 2. The van der Waals surface area contributed by atoms with E-state index < -0.39 is 0 Å². The molecule has 1 saturated heterocycles. The van der Waals surface area contributed by atoms with Crippen LogP contribution in [0.2, 0.25) is 0 Å². The van der Waals surface area contributed by atoms with Crippen LogP contribution in [-0.4, -0.2) is 68.0 Å². The third kappa shape index (κ3) is 5.62. The molecule has 1 amide bonds. The number of phenolic OH excluding ortho intramolecular Hbond substituents is 2. The third-order valence-electron chi connectivity index (χ3n) is 7.64. The minimum absolute atomic E-state index is 0.0227. The molecule has 0 bridgehead atoms. The summed E-state index contributed by atoms with van der Waals surface area (Å²) in [5, 5.41) is 36.3. The highest BCUT2D eigenvalue weighted by atomic mass is 16.3. The van der Waals surface area contributed by atoms with E-state index in [0.717, 1.165) is 25.3 Å². The molecule has 9 nitrogen and oxygen atoms in total. The first-order chi connectivity index (χ1) is 18.4. The number of nitrogens with zero attached hydrogens (tertiary/aromatic N) is 4. The van der Waals surface area contributed by atoms with Gasteiger partial charge >= 0.3 is 0 Å². The Bertz CT molecular complexity index is 1260. The maximum absolute atomic E-state index is 13.3. The van der Waals surface area contributed by atoms with Gasteiger partial charge in [0.1, 0.15) is 11.5 Å². The summed E-state index contributed by atoms with van der Waals surface area (Å²) in [6, 6.07) is 11.4. The van der Waals surface area contributed by atoms with Gasteiger partial charge in [0.2, 0.25) is 5.82 Å². The fourth-order valence-corrected chi connectivity index (χ4v) is 5.51. The fourth-order valence-electron chi connectivity index (χ4n) is 5.51. The number of rotatable bonds is 9. The van der Waals surface area contributed by atoms with Gasteiger partial charge < -0.3 is 25.7 Å². The minimum Gasteiger partial charge on any atom is -0.508 e. The van der Waals surface area contributed by atoms with Crippen LogP contribution >= 0.6 is 0 Å². The second kappa shape index (κ2) is 11.4. The Balaban J connectivity index is 1.48. The molecule has 38 heavy (non-hydrogen) atoms. The minimum atomic E-state index is -0.321. The lowest BCUT2D eigenvalue weighted by molar-refractivity contribution is 0.0937. The summed E-state index contributed by atoms with van der Waals surface area (Å²) >= 11 is 0. The van der Waals surface area contributed by atoms with Crippen molar-refractivity contribution in [2.45, 2.75) is 64.3 Å². The van der Waals surface area contributed by atoms with Crippen molar-refractivity contribution in [2.75, 3.05) is 31.5 Å². The van der Waals surface area contributed by atoms with Crippen LogP contribution in [0.15, 0.2) is 36.4 Å². The highest BCUT2D eigenvalue weighted by Crippen LogP contribution is 2.38. The number of likely N-dealkylation sites (tertiary alicyclic amines) is 1. The molecule has 1 aromatic heterocycles. The third-order valence-corrected chi connectivity index (χ3v) is 7.64. The molecule has 202 valence electrons. The lowest BCUT2D eigenvalue weighted by Gasteiger charge is -2.17. The number of benzene rings is 2. The molecule has 5 rings (SSSR count). The van der Waals surface area contributed by atoms with Crippen LogP contribution in [0, 0.1) is 0 Å². The first-order valence-corrected chi connectivity index (χ1v) is 13.8. The van der Waals surface area contributed by atoms with E-state index >= 15 is 0 Å². The van der Waals surface area contributed by atoms with Crippen molar-refractivity contribution in [3.8, 4) is 28.6 Å². The Morgan fingerprint density at radius 3 is 2.39 bits per heavy atom. The molecule has 0 atom stereocenters. The maximum Gasteiger partial charge on any atom is 0.289 e. The van der Waals surface area contributed by atoms with E-state index in [0.29, 0.717) is 35.2 Å². The summed E-state index contributed by atoms with van der Waals surface area (Å²) in [6.45, 7) is 7.38. The van der Waals surface area contributed by atoms with Crippen molar-refractivity contribution in [1.29, 1.82) is 0 Å². The molecule has 0 radical (unpaired) electrons. The Labute approximate surface area is 223 Å². The van der Waals surface area contributed by atoms with Crippen LogP contribution in [0.25, 0.3) is 17.1 Å². The Morgan fingerprint density at radius 2 is 1.71 bits per heavy atom. The number of amides is 1. The summed E-state index contributed by atoms with van der Waals surface area (Å²) in [4.78, 5) is 15.6. The van der Waals surface area contributed by atoms with Crippen LogP contribution < -0.4 is 10.6 Å². The van der Waals surface area contributed by atoms with Crippen LogP contribution in [0.4, 0.5) is 5.69 Å². The Kier molecular flexibility index (Phi) is 7.83. The van der Waals surface area contributed by atoms with E-state index in [1.165, 1.54) is 44.6 Å². The molecule has 9 heteroatoms. The molecule has 2 aliphatic rings. The number of aromatic nitrogens is 3. The average Bonchev–Trinajstić information content (AvgIpc) is 3.67. The molecule has 1 aliphatic carbocycles. The lowest BCUT2D eigenvalue weighted by atomic mass is 9.98. The first kappa shape index (κ1) is 26.0. The first-order valence-electron chi connectivity index (χ1n) is 13.8. The van der Waals surface area contributed by atoms with Gasteiger partial charge in [0.05, 0.1) is 5.56 Å². The molecule has 2 fully saturated rings. The Morgan fingerprint density at radius 1 is 1.00 bits per heavy atom. The molecule has 0 unspecified atom stereocenters. The van der Waals surface area contributed by atoms with E-state index in [4.69, 9.17) is 0 Å². The predicted molar refractivity (Wildman–Crippen MR) is 148 cm³/mol. The largest absolute Gasteiger partial charge is 0.508 e. The summed E-state index contributed by atoms with van der Waals surface area (Å²) in [7, 11) is 0. The van der Waals surface area contributed by atoms with Gasteiger partial charge in [0.25, 0.3) is 5.91 Å². The standard InChI is InChI=1S/C29H38N6O3/c1-19(2)23-17-24(26(37)18-25(23)36)27-32-33-28(29(38)30-13-16-34-14-5-6-15-34)35(27)22-11-9-21(10-12-22)31-20-7-3-4-8-20/h9-12,17-20,31,36-37H,3-8,13-16H2,1-2H3,(H,30,38). The topological polar surface area (TPSA) is 116 Å². The molecular weight excluding hydrogens is 480 g/mol. The van der Waals surface area contributed by atoms with E-state index in [1.54, 1.807) is 10.6 Å². The molecule has 3 aromatic rings. The predicted octanol–water partition coefficient (Wildman–Crippen LogP) is 4.65. The van der Waals surface area contributed by atoms with Gasteiger partial charge in [-0.3, -0.25) is 9.36 Å². The zero-order valence-electron chi connectivity index (χ0n) is 22.3. The van der Waals surface area contributed by atoms with Crippen LogP contribution in [0.5, 0.6) is 11.5 Å². The second-order valence-electron chi connectivity index (χ2n) is 10.7. The number of hydrogen-bond donors (Lipinski definition) is 4. The second-order valence-corrected chi connectivity index (χ2v) is 10.7. The monoisotopic (exact) mass is 518 g/mol. The lowest BCUT2D eigenvalue weighted by Crippen LogP contribution is -2.34.